The number of hydrogen-bond donors (Lipinski definition) is 0. The molecule has 0 radical (unpaired) electrons. The Morgan fingerprint density at radius 2 is 1.43 bits per heavy atom. The molecule has 188 valence electrons. The van der Waals surface area contributed by atoms with Crippen LogP contribution in [0.5, 0.6) is 0 Å². The minimum absolute atomic E-state index is 0.882. The van der Waals surface area contributed by atoms with Crippen molar-refractivity contribution in [3.63, 3.8) is 0 Å². The molecule has 0 saturated carbocycles. The highest BCUT2D eigenvalue weighted by Crippen LogP contribution is 2.51. The first-order chi connectivity index (χ1) is 19.8. The lowest BCUT2D eigenvalue weighted by atomic mass is 9.96. The van der Waals surface area contributed by atoms with Crippen molar-refractivity contribution in [2.75, 3.05) is 0 Å². The standard InChI is InChI=1S/C37H24N2O/c1-2-35-38-32-11-4-5-12-33(32)39(35)24-17-14-22(15-18-24)23-16-19-25-27-9-7-10-28-36(27)30(29(25)20-23)21-31-26-8-3-6-13-34(26)40-37(28)31/h3-21H,2H2,1H3. The zero-order chi connectivity index (χ0) is 26.4. The van der Waals surface area contributed by atoms with Gasteiger partial charge >= 0.3 is 0 Å². The first-order valence-electron chi connectivity index (χ1n) is 13.9. The van der Waals surface area contributed by atoms with Crippen molar-refractivity contribution in [2.45, 2.75) is 13.3 Å². The summed E-state index contributed by atoms with van der Waals surface area (Å²) in [5.74, 6) is 1.08. The number of fused-ring (bicyclic) bond motifs is 8. The molecule has 0 spiro atoms. The van der Waals surface area contributed by atoms with Gasteiger partial charge in [0.2, 0.25) is 0 Å². The molecule has 0 aliphatic heterocycles. The molecule has 8 aromatic rings. The van der Waals surface area contributed by atoms with E-state index in [-0.39, 0.29) is 0 Å². The van der Waals surface area contributed by atoms with Crippen LogP contribution in [0.4, 0.5) is 0 Å². The van der Waals surface area contributed by atoms with Gasteiger partial charge in [0.25, 0.3) is 0 Å². The van der Waals surface area contributed by atoms with Crippen molar-refractivity contribution in [1.82, 2.24) is 9.55 Å². The molecule has 0 N–H and O–H groups in total. The number of nitrogens with zero attached hydrogens (tertiary/aromatic N) is 2. The summed E-state index contributed by atoms with van der Waals surface area (Å²) in [6, 6.07) is 41.4. The number of benzene rings is 6. The molecule has 3 heteroatoms. The van der Waals surface area contributed by atoms with Crippen LogP contribution in [0.2, 0.25) is 0 Å². The summed E-state index contributed by atoms with van der Waals surface area (Å²) >= 11 is 0. The van der Waals surface area contributed by atoms with Crippen molar-refractivity contribution in [3.8, 4) is 39.1 Å². The fraction of sp³-hybridized carbons (Fsp3) is 0.0541. The number of para-hydroxylation sites is 3. The van der Waals surface area contributed by atoms with Gasteiger partial charge in [-0.2, -0.15) is 0 Å². The normalized spacial score (nSPS) is 12.2. The average Bonchev–Trinajstić information content (AvgIpc) is 3.68. The SMILES string of the molecule is CCc1nc2ccccc2n1-c1ccc(-c2ccc3c(c2)-c2cc4c5ccccc5oc4c4cccc-3c24)cc1. The van der Waals surface area contributed by atoms with Crippen LogP contribution in [-0.2, 0) is 6.42 Å². The summed E-state index contributed by atoms with van der Waals surface area (Å²) in [6.07, 6.45) is 0.882. The maximum atomic E-state index is 6.37. The highest BCUT2D eigenvalue weighted by atomic mass is 16.3. The van der Waals surface area contributed by atoms with Crippen molar-refractivity contribution in [2.24, 2.45) is 0 Å². The lowest BCUT2D eigenvalue weighted by molar-refractivity contribution is 0.672. The maximum absolute atomic E-state index is 6.37. The van der Waals surface area contributed by atoms with E-state index in [2.05, 4.69) is 121 Å². The van der Waals surface area contributed by atoms with Crippen LogP contribution >= 0.6 is 0 Å². The summed E-state index contributed by atoms with van der Waals surface area (Å²) in [7, 11) is 0. The Hall–Kier alpha value is -5.15. The predicted molar refractivity (Wildman–Crippen MR) is 165 cm³/mol. The number of hydrogen-bond acceptors (Lipinski definition) is 2. The number of aryl methyl sites for hydroxylation is 1. The third-order valence-corrected chi connectivity index (χ3v) is 8.51. The van der Waals surface area contributed by atoms with Gasteiger partial charge in [-0.15, -0.1) is 0 Å². The van der Waals surface area contributed by atoms with Crippen molar-refractivity contribution in [3.05, 3.63) is 121 Å². The molecule has 0 atom stereocenters. The maximum Gasteiger partial charge on any atom is 0.143 e. The van der Waals surface area contributed by atoms with Gasteiger partial charge in [0, 0.05) is 33.7 Å². The fourth-order valence-electron chi connectivity index (χ4n) is 6.68. The van der Waals surface area contributed by atoms with Crippen LogP contribution in [-0.4, -0.2) is 9.55 Å². The summed E-state index contributed by atoms with van der Waals surface area (Å²) in [4.78, 5) is 4.86. The zero-order valence-electron chi connectivity index (χ0n) is 22.0. The van der Waals surface area contributed by atoms with Gasteiger partial charge in [0.05, 0.1) is 11.0 Å². The lowest BCUT2D eigenvalue weighted by Gasteiger charge is -2.11. The molecule has 0 bridgehead atoms. The molecule has 2 aromatic heterocycles. The molecule has 1 aliphatic rings. The quantitative estimate of drug-likeness (QED) is 0.236. The Kier molecular flexibility index (Phi) is 4.31. The molecule has 3 nitrogen and oxygen atoms in total. The van der Waals surface area contributed by atoms with Gasteiger partial charge in [-0.3, -0.25) is 4.57 Å². The third-order valence-electron chi connectivity index (χ3n) is 8.51. The van der Waals surface area contributed by atoms with E-state index in [1.165, 1.54) is 54.9 Å². The zero-order valence-corrected chi connectivity index (χ0v) is 22.0. The first-order valence-corrected chi connectivity index (χ1v) is 13.9. The Morgan fingerprint density at radius 3 is 2.33 bits per heavy atom. The molecule has 1 aliphatic carbocycles. The number of furan rings is 1. The van der Waals surface area contributed by atoms with Crippen LogP contribution in [0.1, 0.15) is 12.7 Å². The largest absolute Gasteiger partial charge is 0.455 e. The van der Waals surface area contributed by atoms with Crippen molar-refractivity contribution < 1.29 is 4.42 Å². The van der Waals surface area contributed by atoms with Gasteiger partial charge < -0.3 is 4.42 Å². The number of rotatable bonds is 3. The number of imidazole rings is 1. The average molecular weight is 513 g/mol. The fourth-order valence-corrected chi connectivity index (χ4v) is 6.68. The summed E-state index contributed by atoms with van der Waals surface area (Å²) in [5, 5.41) is 4.81. The van der Waals surface area contributed by atoms with Crippen LogP contribution in [0, 0.1) is 0 Å². The van der Waals surface area contributed by atoms with E-state index in [1.54, 1.807) is 0 Å². The molecule has 0 unspecified atom stereocenters. The number of aromatic nitrogens is 2. The van der Waals surface area contributed by atoms with Crippen LogP contribution in [0.3, 0.4) is 0 Å². The molecular weight excluding hydrogens is 488 g/mol. The molecule has 0 amide bonds. The third kappa shape index (κ3) is 2.86. The molecule has 0 saturated heterocycles. The molecular formula is C37H24N2O. The van der Waals surface area contributed by atoms with E-state index in [0.717, 1.165) is 40.1 Å². The Balaban J connectivity index is 1.20. The van der Waals surface area contributed by atoms with Crippen molar-refractivity contribution >= 4 is 43.7 Å². The molecule has 2 heterocycles. The van der Waals surface area contributed by atoms with Gasteiger partial charge in [-0.05, 0) is 75.8 Å². The minimum atomic E-state index is 0.882. The monoisotopic (exact) mass is 512 g/mol. The lowest BCUT2D eigenvalue weighted by Crippen LogP contribution is -1.99. The smallest absolute Gasteiger partial charge is 0.143 e. The van der Waals surface area contributed by atoms with E-state index in [9.17, 15) is 0 Å². The molecule has 0 fully saturated rings. The van der Waals surface area contributed by atoms with E-state index in [1.807, 2.05) is 6.07 Å². The van der Waals surface area contributed by atoms with E-state index < -0.39 is 0 Å². The van der Waals surface area contributed by atoms with Gasteiger partial charge in [-0.25, -0.2) is 4.98 Å². The van der Waals surface area contributed by atoms with E-state index >= 15 is 0 Å². The van der Waals surface area contributed by atoms with Gasteiger partial charge in [-0.1, -0.05) is 79.7 Å². The van der Waals surface area contributed by atoms with Crippen molar-refractivity contribution in [1.29, 1.82) is 0 Å². The van der Waals surface area contributed by atoms with Crippen LogP contribution in [0.15, 0.2) is 120 Å². The first kappa shape index (κ1) is 21.7. The Bertz CT molecular complexity index is 2300. The second-order valence-corrected chi connectivity index (χ2v) is 10.6. The van der Waals surface area contributed by atoms with Crippen LogP contribution < -0.4 is 0 Å². The molecule has 9 rings (SSSR count). The summed E-state index contributed by atoms with van der Waals surface area (Å²) in [6.45, 7) is 2.16. The van der Waals surface area contributed by atoms with Gasteiger partial charge in [0.1, 0.15) is 17.0 Å². The topological polar surface area (TPSA) is 31.0 Å². The summed E-state index contributed by atoms with van der Waals surface area (Å²) < 4.78 is 8.65. The molecule has 40 heavy (non-hydrogen) atoms. The highest BCUT2D eigenvalue weighted by molar-refractivity contribution is 6.26. The second kappa shape index (κ2) is 7.93. The second-order valence-electron chi connectivity index (χ2n) is 10.6. The van der Waals surface area contributed by atoms with Crippen LogP contribution in [0.25, 0.3) is 82.8 Å². The summed E-state index contributed by atoms with van der Waals surface area (Å²) in [5.41, 5.74) is 12.8. The van der Waals surface area contributed by atoms with E-state index in [4.69, 9.17) is 9.40 Å². The minimum Gasteiger partial charge on any atom is -0.455 e. The molecule has 6 aromatic carbocycles. The van der Waals surface area contributed by atoms with E-state index in [0.29, 0.717) is 0 Å². The predicted octanol–water partition coefficient (Wildman–Crippen LogP) is 9.95. The highest BCUT2D eigenvalue weighted by Gasteiger charge is 2.25. The Labute approximate surface area is 230 Å². The van der Waals surface area contributed by atoms with Gasteiger partial charge in [0.15, 0.2) is 0 Å². The Morgan fingerprint density at radius 1 is 0.625 bits per heavy atom.